The minimum absolute atomic E-state index is 0.00805. The summed E-state index contributed by atoms with van der Waals surface area (Å²) in [6, 6.07) is 6.69. The number of carbonyl (C=O) groups excluding carboxylic acids is 2. The van der Waals surface area contributed by atoms with Gasteiger partial charge >= 0.3 is 0 Å². The van der Waals surface area contributed by atoms with Gasteiger partial charge in [-0.3, -0.25) is 9.59 Å². The zero-order valence-corrected chi connectivity index (χ0v) is 15.7. The summed E-state index contributed by atoms with van der Waals surface area (Å²) >= 11 is 0. The summed E-state index contributed by atoms with van der Waals surface area (Å²) in [5.41, 5.74) is 0.824. The molecule has 27 heavy (non-hydrogen) atoms. The Hall–Kier alpha value is -3.03. The summed E-state index contributed by atoms with van der Waals surface area (Å²) < 4.78 is 15.4. The summed E-state index contributed by atoms with van der Waals surface area (Å²) in [6.07, 6.45) is 1.36. The SMILES string of the molecule is COc1ccc(C(=O)NC2CCN(C(=O)c3cc(C)on3)CC2)cc1OC. The number of aryl methyl sites for hydroxylation is 1. The second kappa shape index (κ2) is 8.11. The number of benzene rings is 1. The zero-order chi connectivity index (χ0) is 19.4. The molecule has 0 bridgehead atoms. The van der Waals surface area contributed by atoms with E-state index in [9.17, 15) is 9.59 Å². The highest BCUT2D eigenvalue weighted by atomic mass is 16.5. The van der Waals surface area contributed by atoms with Crippen molar-refractivity contribution in [2.24, 2.45) is 0 Å². The number of nitrogens with zero attached hydrogens (tertiary/aromatic N) is 2. The van der Waals surface area contributed by atoms with Crippen LogP contribution in [0.1, 0.15) is 39.4 Å². The van der Waals surface area contributed by atoms with Crippen LogP contribution in [0.3, 0.4) is 0 Å². The fourth-order valence-corrected chi connectivity index (χ4v) is 3.10. The van der Waals surface area contributed by atoms with Gasteiger partial charge in [-0.1, -0.05) is 5.16 Å². The summed E-state index contributed by atoms with van der Waals surface area (Å²) in [4.78, 5) is 26.6. The van der Waals surface area contributed by atoms with Crippen LogP contribution >= 0.6 is 0 Å². The fraction of sp³-hybridized carbons (Fsp3) is 0.421. The lowest BCUT2D eigenvalue weighted by atomic mass is 10.0. The Morgan fingerprint density at radius 1 is 1.15 bits per heavy atom. The van der Waals surface area contributed by atoms with Crippen molar-refractivity contribution in [2.75, 3.05) is 27.3 Å². The van der Waals surface area contributed by atoms with Crippen LogP contribution in [-0.2, 0) is 0 Å². The van der Waals surface area contributed by atoms with Gasteiger partial charge in [0.25, 0.3) is 11.8 Å². The number of carbonyl (C=O) groups is 2. The van der Waals surface area contributed by atoms with E-state index in [2.05, 4.69) is 10.5 Å². The van der Waals surface area contributed by atoms with E-state index in [0.717, 1.165) is 0 Å². The smallest absolute Gasteiger partial charge is 0.276 e. The highest BCUT2D eigenvalue weighted by Gasteiger charge is 2.26. The monoisotopic (exact) mass is 373 g/mol. The molecule has 2 aromatic rings. The zero-order valence-electron chi connectivity index (χ0n) is 15.7. The first kappa shape index (κ1) is 18.8. The van der Waals surface area contributed by atoms with Crippen molar-refractivity contribution in [3.05, 3.63) is 41.3 Å². The van der Waals surface area contributed by atoms with Gasteiger partial charge in [-0.25, -0.2) is 0 Å². The topological polar surface area (TPSA) is 93.9 Å². The first-order valence-electron chi connectivity index (χ1n) is 8.77. The quantitative estimate of drug-likeness (QED) is 0.862. The standard InChI is InChI=1S/C19H23N3O5/c1-12-10-15(21-27-12)19(24)22-8-6-14(7-9-22)20-18(23)13-4-5-16(25-2)17(11-13)26-3/h4-5,10-11,14H,6-9H2,1-3H3,(H,20,23). The Bertz CT molecular complexity index is 825. The van der Waals surface area contributed by atoms with Gasteiger partial charge in [-0.2, -0.15) is 0 Å². The van der Waals surface area contributed by atoms with Crippen molar-refractivity contribution in [1.29, 1.82) is 0 Å². The molecule has 0 spiro atoms. The van der Waals surface area contributed by atoms with Crippen molar-refractivity contribution >= 4 is 11.8 Å². The fourth-order valence-electron chi connectivity index (χ4n) is 3.10. The minimum Gasteiger partial charge on any atom is -0.493 e. The van der Waals surface area contributed by atoms with Gasteiger partial charge in [-0.15, -0.1) is 0 Å². The molecular weight excluding hydrogens is 350 g/mol. The van der Waals surface area contributed by atoms with Crippen LogP contribution in [0.15, 0.2) is 28.8 Å². The lowest BCUT2D eigenvalue weighted by Crippen LogP contribution is -2.46. The molecule has 2 amide bonds. The van der Waals surface area contributed by atoms with Gasteiger partial charge in [-0.05, 0) is 38.0 Å². The van der Waals surface area contributed by atoms with E-state index < -0.39 is 0 Å². The number of likely N-dealkylation sites (tertiary alicyclic amines) is 1. The number of rotatable bonds is 5. The lowest BCUT2D eigenvalue weighted by Gasteiger charge is -2.31. The van der Waals surface area contributed by atoms with Crippen LogP contribution in [0.4, 0.5) is 0 Å². The lowest BCUT2D eigenvalue weighted by molar-refractivity contribution is 0.0688. The Balaban J connectivity index is 1.56. The third-order valence-electron chi connectivity index (χ3n) is 4.61. The largest absolute Gasteiger partial charge is 0.493 e. The van der Waals surface area contributed by atoms with Crippen LogP contribution in [0.2, 0.25) is 0 Å². The average Bonchev–Trinajstić information content (AvgIpc) is 3.13. The molecule has 144 valence electrons. The molecular formula is C19H23N3O5. The van der Waals surface area contributed by atoms with Crippen LogP contribution in [-0.4, -0.2) is 55.2 Å². The maximum atomic E-state index is 12.5. The maximum absolute atomic E-state index is 12.5. The van der Waals surface area contributed by atoms with E-state index in [1.807, 2.05) is 0 Å². The maximum Gasteiger partial charge on any atom is 0.276 e. The van der Waals surface area contributed by atoms with Gasteiger partial charge in [0.2, 0.25) is 0 Å². The number of hydrogen-bond donors (Lipinski definition) is 1. The molecule has 1 aliphatic heterocycles. The van der Waals surface area contributed by atoms with E-state index >= 15 is 0 Å². The van der Waals surface area contributed by atoms with E-state index in [-0.39, 0.29) is 17.9 Å². The molecule has 8 heteroatoms. The van der Waals surface area contributed by atoms with Crippen LogP contribution < -0.4 is 14.8 Å². The van der Waals surface area contributed by atoms with Gasteiger partial charge in [0.15, 0.2) is 17.2 Å². The number of amides is 2. The van der Waals surface area contributed by atoms with Gasteiger partial charge in [0.05, 0.1) is 14.2 Å². The van der Waals surface area contributed by atoms with E-state index in [1.165, 1.54) is 7.11 Å². The molecule has 0 unspecified atom stereocenters. The molecule has 8 nitrogen and oxygen atoms in total. The molecule has 2 heterocycles. The Morgan fingerprint density at radius 3 is 2.44 bits per heavy atom. The normalized spacial score (nSPS) is 14.7. The molecule has 1 N–H and O–H groups in total. The molecule has 0 radical (unpaired) electrons. The molecule has 0 atom stereocenters. The minimum atomic E-state index is -0.173. The molecule has 3 rings (SSSR count). The first-order valence-corrected chi connectivity index (χ1v) is 8.77. The number of nitrogens with one attached hydrogen (secondary N) is 1. The number of aromatic nitrogens is 1. The van der Waals surface area contributed by atoms with E-state index in [1.54, 1.807) is 43.2 Å². The second-order valence-electron chi connectivity index (χ2n) is 6.43. The first-order chi connectivity index (χ1) is 13.0. The third kappa shape index (κ3) is 4.21. The van der Waals surface area contributed by atoms with Crippen LogP contribution in [0, 0.1) is 6.92 Å². The Morgan fingerprint density at radius 2 is 1.85 bits per heavy atom. The highest BCUT2D eigenvalue weighted by Crippen LogP contribution is 2.27. The van der Waals surface area contributed by atoms with Crippen molar-refractivity contribution in [3.63, 3.8) is 0 Å². The van der Waals surface area contributed by atoms with Crippen molar-refractivity contribution in [3.8, 4) is 11.5 Å². The summed E-state index contributed by atoms with van der Waals surface area (Å²) in [6.45, 7) is 2.86. The highest BCUT2D eigenvalue weighted by molar-refractivity contribution is 5.95. The van der Waals surface area contributed by atoms with Gasteiger partial charge in [0, 0.05) is 30.8 Å². The van der Waals surface area contributed by atoms with E-state index in [4.69, 9.17) is 14.0 Å². The molecule has 1 saturated heterocycles. The number of hydrogen-bond acceptors (Lipinski definition) is 6. The predicted octanol–water partition coefficient (Wildman–Crippen LogP) is 2.03. The van der Waals surface area contributed by atoms with Crippen molar-refractivity contribution < 1.29 is 23.6 Å². The predicted molar refractivity (Wildman–Crippen MR) is 97.2 cm³/mol. The molecule has 1 fully saturated rings. The summed E-state index contributed by atoms with van der Waals surface area (Å²) in [5, 5.41) is 6.79. The van der Waals surface area contributed by atoms with Crippen LogP contribution in [0.25, 0.3) is 0 Å². The summed E-state index contributed by atoms with van der Waals surface area (Å²) in [7, 11) is 3.08. The molecule has 1 aromatic heterocycles. The van der Waals surface area contributed by atoms with Gasteiger partial charge < -0.3 is 24.2 Å². The third-order valence-corrected chi connectivity index (χ3v) is 4.61. The molecule has 0 aliphatic carbocycles. The number of methoxy groups -OCH3 is 2. The molecule has 1 aliphatic rings. The van der Waals surface area contributed by atoms with Crippen molar-refractivity contribution in [2.45, 2.75) is 25.8 Å². The Kier molecular flexibility index (Phi) is 5.63. The Labute approximate surface area is 157 Å². The summed E-state index contributed by atoms with van der Waals surface area (Å²) in [5.74, 6) is 1.37. The van der Waals surface area contributed by atoms with Crippen LogP contribution in [0.5, 0.6) is 11.5 Å². The van der Waals surface area contributed by atoms with Gasteiger partial charge in [0.1, 0.15) is 5.76 Å². The number of ether oxygens (including phenoxy) is 2. The average molecular weight is 373 g/mol. The molecule has 1 aromatic carbocycles. The number of piperidine rings is 1. The van der Waals surface area contributed by atoms with Crippen molar-refractivity contribution in [1.82, 2.24) is 15.4 Å². The van der Waals surface area contributed by atoms with E-state index in [0.29, 0.717) is 54.4 Å². The molecule has 0 saturated carbocycles. The second-order valence-corrected chi connectivity index (χ2v) is 6.43.